The van der Waals surface area contributed by atoms with Gasteiger partial charge in [0.25, 0.3) is 5.56 Å². The van der Waals surface area contributed by atoms with Crippen LogP contribution in [0.5, 0.6) is 5.75 Å². The SMILES string of the molecule is COc1ccccc1Cc1nc2sc(-c3ccccc3)cc2c(=O)n1CCC(C)=O. The molecular weight excluding hydrogens is 396 g/mol. The molecule has 0 amide bonds. The van der Waals surface area contributed by atoms with Crippen molar-refractivity contribution in [3.05, 3.63) is 82.4 Å². The van der Waals surface area contributed by atoms with E-state index in [2.05, 4.69) is 0 Å². The molecule has 152 valence electrons. The van der Waals surface area contributed by atoms with Crippen LogP contribution in [-0.2, 0) is 17.8 Å². The van der Waals surface area contributed by atoms with Gasteiger partial charge in [-0.1, -0.05) is 48.5 Å². The standard InChI is InChI=1S/C24H22N2O3S/c1-16(27)12-13-26-22(14-18-10-6-7-11-20(18)29-2)25-23-19(24(26)28)15-21(30-23)17-8-4-3-5-9-17/h3-11,15H,12-14H2,1-2H3. The number of benzene rings is 2. The number of para-hydroxylation sites is 1. The Kier molecular flexibility index (Phi) is 5.77. The highest BCUT2D eigenvalue weighted by atomic mass is 32.1. The molecule has 4 aromatic rings. The van der Waals surface area contributed by atoms with Crippen LogP contribution in [0, 0.1) is 0 Å². The highest BCUT2D eigenvalue weighted by molar-refractivity contribution is 7.21. The van der Waals surface area contributed by atoms with Gasteiger partial charge in [0.1, 0.15) is 22.2 Å². The van der Waals surface area contributed by atoms with Crippen molar-refractivity contribution < 1.29 is 9.53 Å². The fourth-order valence-corrected chi connectivity index (χ4v) is 4.50. The van der Waals surface area contributed by atoms with Crippen LogP contribution in [0.1, 0.15) is 24.7 Å². The number of ketones is 1. The lowest BCUT2D eigenvalue weighted by Crippen LogP contribution is -2.26. The first-order valence-corrected chi connectivity index (χ1v) is 10.6. The van der Waals surface area contributed by atoms with Crippen LogP contribution < -0.4 is 10.3 Å². The van der Waals surface area contributed by atoms with Gasteiger partial charge in [0.15, 0.2) is 0 Å². The second-order valence-corrected chi connectivity index (χ2v) is 8.15. The predicted molar refractivity (Wildman–Crippen MR) is 120 cm³/mol. The summed E-state index contributed by atoms with van der Waals surface area (Å²) < 4.78 is 7.11. The Morgan fingerprint density at radius 2 is 1.83 bits per heavy atom. The third-order valence-electron chi connectivity index (χ3n) is 5.02. The van der Waals surface area contributed by atoms with E-state index < -0.39 is 0 Å². The molecule has 0 unspecified atom stereocenters. The smallest absolute Gasteiger partial charge is 0.262 e. The maximum atomic E-state index is 13.3. The van der Waals surface area contributed by atoms with Gasteiger partial charge in [0.05, 0.1) is 12.5 Å². The molecular formula is C24H22N2O3S. The zero-order chi connectivity index (χ0) is 21.1. The summed E-state index contributed by atoms with van der Waals surface area (Å²) in [5.74, 6) is 1.43. The van der Waals surface area contributed by atoms with Crippen molar-refractivity contribution in [2.24, 2.45) is 0 Å². The molecule has 0 spiro atoms. The van der Waals surface area contributed by atoms with Crippen LogP contribution in [-0.4, -0.2) is 22.4 Å². The molecule has 2 aromatic heterocycles. The molecule has 0 N–H and O–H groups in total. The molecule has 0 bridgehead atoms. The molecule has 0 atom stereocenters. The van der Waals surface area contributed by atoms with Gasteiger partial charge in [-0.25, -0.2) is 4.98 Å². The van der Waals surface area contributed by atoms with E-state index in [1.165, 1.54) is 18.3 Å². The Hall–Kier alpha value is -3.25. The van der Waals surface area contributed by atoms with Crippen LogP contribution in [0.2, 0.25) is 0 Å². The summed E-state index contributed by atoms with van der Waals surface area (Å²) >= 11 is 1.51. The lowest BCUT2D eigenvalue weighted by molar-refractivity contribution is -0.117. The summed E-state index contributed by atoms with van der Waals surface area (Å²) in [4.78, 5) is 31.5. The summed E-state index contributed by atoms with van der Waals surface area (Å²) in [6, 6.07) is 19.6. The summed E-state index contributed by atoms with van der Waals surface area (Å²) in [6.45, 7) is 1.85. The minimum atomic E-state index is -0.107. The molecule has 0 aliphatic rings. The quantitative estimate of drug-likeness (QED) is 0.436. The summed E-state index contributed by atoms with van der Waals surface area (Å²) in [5, 5.41) is 0.589. The van der Waals surface area contributed by atoms with E-state index in [0.29, 0.717) is 35.4 Å². The van der Waals surface area contributed by atoms with Crippen LogP contribution in [0.15, 0.2) is 65.5 Å². The number of ether oxygens (including phenoxy) is 1. The van der Waals surface area contributed by atoms with Crippen molar-refractivity contribution in [2.45, 2.75) is 26.3 Å². The third kappa shape index (κ3) is 4.04. The number of aromatic nitrogens is 2. The average molecular weight is 419 g/mol. The van der Waals surface area contributed by atoms with Gasteiger partial charge < -0.3 is 4.74 Å². The van der Waals surface area contributed by atoms with E-state index in [4.69, 9.17) is 9.72 Å². The number of carbonyl (C=O) groups is 1. The lowest BCUT2D eigenvalue weighted by Gasteiger charge is -2.13. The number of thiophene rings is 1. The van der Waals surface area contributed by atoms with E-state index in [1.54, 1.807) is 11.7 Å². The Labute approximate surface area is 178 Å². The molecule has 0 saturated heterocycles. The fourth-order valence-electron chi connectivity index (χ4n) is 3.46. The molecule has 0 fully saturated rings. The van der Waals surface area contributed by atoms with Gasteiger partial charge >= 0.3 is 0 Å². The van der Waals surface area contributed by atoms with Crippen LogP contribution >= 0.6 is 11.3 Å². The first-order chi connectivity index (χ1) is 14.6. The maximum absolute atomic E-state index is 13.3. The number of rotatable bonds is 7. The Morgan fingerprint density at radius 3 is 2.57 bits per heavy atom. The first kappa shape index (κ1) is 20.0. The van der Waals surface area contributed by atoms with Gasteiger partial charge in [0.2, 0.25) is 0 Å². The number of methoxy groups -OCH3 is 1. The van der Waals surface area contributed by atoms with Crippen molar-refractivity contribution in [3.63, 3.8) is 0 Å². The van der Waals surface area contributed by atoms with Crippen molar-refractivity contribution in [3.8, 4) is 16.2 Å². The van der Waals surface area contributed by atoms with Gasteiger partial charge in [-0.05, 0) is 24.6 Å². The lowest BCUT2D eigenvalue weighted by atomic mass is 10.1. The minimum absolute atomic E-state index is 0.0422. The van der Waals surface area contributed by atoms with Crippen molar-refractivity contribution in [1.29, 1.82) is 0 Å². The molecule has 4 rings (SSSR count). The largest absolute Gasteiger partial charge is 0.496 e. The molecule has 0 aliphatic carbocycles. The summed E-state index contributed by atoms with van der Waals surface area (Å²) in [6.07, 6.45) is 0.743. The second-order valence-electron chi connectivity index (χ2n) is 7.12. The molecule has 2 heterocycles. The van der Waals surface area contributed by atoms with Gasteiger partial charge in [-0.2, -0.15) is 0 Å². The average Bonchev–Trinajstić information content (AvgIpc) is 3.19. The van der Waals surface area contributed by atoms with Crippen molar-refractivity contribution >= 4 is 27.3 Å². The van der Waals surface area contributed by atoms with Gasteiger partial charge in [-0.15, -0.1) is 11.3 Å². The normalized spacial score (nSPS) is 11.0. The number of carbonyl (C=O) groups excluding carboxylic acids is 1. The van der Waals surface area contributed by atoms with Crippen LogP contribution in [0.25, 0.3) is 20.7 Å². The number of hydrogen-bond acceptors (Lipinski definition) is 5. The molecule has 0 saturated carbocycles. The highest BCUT2D eigenvalue weighted by Crippen LogP contribution is 2.31. The number of Topliss-reactive ketones (excluding diaryl/α,β-unsaturated/α-hetero) is 1. The Balaban J connectivity index is 1.85. The molecule has 6 heteroatoms. The number of hydrogen-bond donors (Lipinski definition) is 0. The molecule has 30 heavy (non-hydrogen) atoms. The Morgan fingerprint density at radius 1 is 1.10 bits per heavy atom. The van der Waals surface area contributed by atoms with E-state index in [1.807, 2.05) is 60.7 Å². The van der Waals surface area contributed by atoms with E-state index in [-0.39, 0.29) is 11.3 Å². The van der Waals surface area contributed by atoms with E-state index >= 15 is 0 Å². The number of fused-ring (bicyclic) bond motifs is 1. The van der Waals surface area contributed by atoms with Gasteiger partial charge in [0, 0.05) is 29.8 Å². The zero-order valence-corrected chi connectivity index (χ0v) is 17.7. The molecule has 2 aromatic carbocycles. The maximum Gasteiger partial charge on any atom is 0.262 e. The molecule has 0 aliphatic heterocycles. The number of nitrogens with zero attached hydrogens (tertiary/aromatic N) is 2. The fraction of sp³-hybridized carbons (Fsp3) is 0.208. The topological polar surface area (TPSA) is 61.2 Å². The Bertz CT molecular complexity index is 1260. The summed E-state index contributed by atoms with van der Waals surface area (Å²) in [5.41, 5.74) is 1.90. The molecule has 5 nitrogen and oxygen atoms in total. The monoisotopic (exact) mass is 418 g/mol. The highest BCUT2D eigenvalue weighted by Gasteiger charge is 2.17. The van der Waals surface area contributed by atoms with E-state index in [0.717, 1.165) is 21.8 Å². The zero-order valence-electron chi connectivity index (χ0n) is 16.9. The van der Waals surface area contributed by atoms with E-state index in [9.17, 15) is 9.59 Å². The predicted octanol–water partition coefficient (Wildman–Crippen LogP) is 4.70. The first-order valence-electron chi connectivity index (χ1n) is 9.77. The van der Waals surface area contributed by atoms with Crippen LogP contribution in [0.3, 0.4) is 0 Å². The van der Waals surface area contributed by atoms with Gasteiger partial charge in [-0.3, -0.25) is 14.2 Å². The van der Waals surface area contributed by atoms with Crippen molar-refractivity contribution in [1.82, 2.24) is 9.55 Å². The second kappa shape index (κ2) is 8.63. The van der Waals surface area contributed by atoms with Crippen LogP contribution in [0.4, 0.5) is 0 Å². The summed E-state index contributed by atoms with van der Waals surface area (Å²) in [7, 11) is 1.63. The minimum Gasteiger partial charge on any atom is -0.496 e. The molecule has 0 radical (unpaired) electrons. The third-order valence-corrected chi connectivity index (χ3v) is 6.10. The van der Waals surface area contributed by atoms with Crippen molar-refractivity contribution in [2.75, 3.05) is 7.11 Å².